The number of ether oxygens (including phenoxy) is 1. The minimum Gasteiger partial charge on any atom is -0.391 e. The van der Waals surface area contributed by atoms with Crippen LogP contribution in [0.4, 0.5) is 4.79 Å². The number of likely N-dealkylation sites (tertiary alicyclic amines) is 1. The molecule has 9 nitrogen and oxygen atoms in total. The lowest BCUT2D eigenvalue weighted by Gasteiger charge is -2.42. The summed E-state index contributed by atoms with van der Waals surface area (Å²) in [6.45, 7) is 0.888. The number of hydrogen-bond acceptors (Lipinski definition) is 6. The van der Waals surface area contributed by atoms with Crippen molar-refractivity contribution in [3.8, 4) is 5.88 Å². The molecule has 2 atom stereocenters. The summed E-state index contributed by atoms with van der Waals surface area (Å²) in [6, 6.07) is 6.28. The van der Waals surface area contributed by atoms with Gasteiger partial charge in [0, 0.05) is 24.7 Å². The number of nitrogens with one attached hydrogen (secondary N) is 1. The number of aromatic nitrogens is 1. The second-order valence-corrected chi connectivity index (χ2v) is 8.57. The molecule has 1 aromatic carbocycles. The summed E-state index contributed by atoms with van der Waals surface area (Å²) in [4.78, 5) is 42.2. The first-order valence-electron chi connectivity index (χ1n) is 11.1. The van der Waals surface area contributed by atoms with Crippen molar-refractivity contribution in [2.45, 2.75) is 57.2 Å². The lowest BCUT2D eigenvalue weighted by Crippen LogP contribution is -2.62. The Morgan fingerprint density at radius 1 is 1.16 bits per heavy atom. The van der Waals surface area contributed by atoms with Crippen LogP contribution in [-0.4, -0.2) is 46.4 Å². The molecule has 170 valence electrons. The zero-order valence-electron chi connectivity index (χ0n) is 18.0. The molecular weight excluding hydrogens is 410 g/mol. The predicted octanol–water partition coefficient (Wildman–Crippen LogP) is 1.82. The normalized spacial score (nSPS) is 19.8. The fourth-order valence-electron chi connectivity index (χ4n) is 4.60. The van der Waals surface area contributed by atoms with Crippen LogP contribution in [0.1, 0.15) is 44.1 Å². The number of nitrogens with two attached hydrogens (primary N) is 2. The largest absolute Gasteiger partial charge is 0.411 e. The number of fused-ring (bicyclic) bond motifs is 1. The topological polar surface area (TPSA) is 141 Å². The zero-order valence-corrected chi connectivity index (χ0v) is 18.0. The number of nitrogens with zero attached hydrogens (tertiary/aromatic N) is 2. The SMILES string of the molecule is NC(=O)Oc1nccc2cc(CNC(=O)[C@@H]3CCN3C(=O)[C@H](N)C3CCCCC3)ccc12. The lowest BCUT2D eigenvalue weighted by atomic mass is 9.83. The van der Waals surface area contributed by atoms with E-state index in [9.17, 15) is 14.4 Å². The third-order valence-electron chi connectivity index (χ3n) is 6.50. The van der Waals surface area contributed by atoms with E-state index >= 15 is 0 Å². The van der Waals surface area contributed by atoms with Crippen LogP contribution in [0.2, 0.25) is 0 Å². The van der Waals surface area contributed by atoms with Crippen LogP contribution in [0.5, 0.6) is 5.88 Å². The molecular formula is C23H29N5O4. The first-order valence-corrected chi connectivity index (χ1v) is 11.1. The minimum absolute atomic E-state index is 0.108. The first-order chi connectivity index (χ1) is 15.4. The van der Waals surface area contributed by atoms with Crippen molar-refractivity contribution >= 4 is 28.7 Å². The van der Waals surface area contributed by atoms with Gasteiger partial charge in [-0.2, -0.15) is 0 Å². The molecule has 2 fully saturated rings. The fourth-order valence-corrected chi connectivity index (χ4v) is 4.60. The molecule has 2 heterocycles. The number of primary amides is 1. The Hall–Kier alpha value is -3.20. The number of amides is 3. The molecule has 9 heteroatoms. The summed E-state index contributed by atoms with van der Waals surface area (Å²) < 4.78 is 4.93. The number of carbonyl (C=O) groups is 3. The molecule has 1 aromatic heterocycles. The Morgan fingerprint density at radius 2 is 1.94 bits per heavy atom. The van der Waals surface area contributed by atoms with E-state index in [2.05, 4.69) is 10.3 Å². The van der Waals surface area contributed by atoms with Crippen LogP contribution in [0, 0.1) is 5.92 Å². The van der Waals surface area contributed by atoms with E-state index in [1.807, 2.05) is 12.1 Å². The number of pyridine rings is 1. The summed E-state index contributed by atoms with van der Waals surface area (Å²) in [7, 11) is 0. The van der Waals surface area contributed by atoms with Crippen LogP contribution >= 0.6 is 0 Å². The summed E-state index contributed by atoms with van der Waals surface area (Å²) in [5, 5.41) is 4.38. The maximum atomic E-state index is 12.8. The van der Waals surface area contributed by atoms with Gasteiger partial charge in [0.1, 0.15) is 6.04 Å². The van der Waals surface area contributed by atoms with Gasteiger partial charge in [0.2, 0.25) is 17.7 Å². The van der Waals surface area contributed by atoms with Gasteiger partial charge in [0.05, 0.1) is 6.04 Å². The highest BCUT2D eigenvalue weighted by atomic mass is 16.6. The molecule has 32 heavy (non-hydrogen) atoms. The van der Waals surface area contributed by atoms with Crippen molar-refractivity contribution in [2.24, 2.45) is 17.4 Å². The van der Waals surface area contributed by atoms with Crippen LogP contribution in [-0.2, 0) is 16.1 Å². The van der Waals surface area contributed by atoms with Crippen LogP contribution in [0.25, 0.3) is 10.8 Å². The highest BCUT2D eigenvalue weighted by Gasteiger charge is 2.41. The Bertz CT molecular complexity index is 1020. The highest BCUT2D eigenvalue weighted by Crippen LogP contribution is 2.29. The quantitative estimate of drug-likeness (QED) is 0.627. The molecule has 1 saturated carbocycles. The standard InChI is InChI=1S/C23H29N5O4/c24-19(15-4-2-1-3-5-15)22(30)28-11-9-18(28)20(29)27-13-14-6-7-17-16(12-14)8-10-26-21(17)32-23(25)31/h6-8,10,12,15,18-19H,1-5,9,11,13,24H2,(H2,25,31)(H,27,29)/t18-,19+/m0/s1. The van der Waals surface area contributed by atoms with Crippen molar-refractivity contribution in [3.05, 3.63) is 36.0 Å². The maximum Gasteiger partial charge on any atom is 0.411 e. The Balaban J connectivity index is 1.35. The molecule has 5 N–H and O–H groups in total. The van der Waals surface area contributed by atoms with Crippen molar-refractivity contribution < 1.29 is 19.1 Å². The van der Waals surface area contributed by atoms with E-state index in [0.29, 0.717) is 24.9 Å². The van der Waals surface area contributed by atoms with E-state index in [-0.39, 0.29) is 23.6 Å². The van der Waals surface area contributed by atoms with Gasteiger partial charge < -0.3 is 26.4 Å². The second kappa shape index (κ2) is 9.52. The summed E-state index contributed by atoms with van der Waals surface area (Å²) in [5.41, 5.74) is 12.2. The van der Waals surface area contributed by atoms with Gasteiger partial charge in [-0.15, -0.1) is 0 Å². The molecule has 1 aliphatic heterocycles. The van der Waals surface area contributed by atoms with Gasteiger partial charge in [-0.3, -0.25) is 9.59 Å². The average Bonchev–Trinajstić information content (AvgIpc) is 2.76. The summed E-state index contributed by atoms with van der Waals surface area (Å²) in [5.74, 6) is 0.0797. The highest BCUT2D eigenvalue weighted by molar-refractivity contribution is 5.92. The molecule has 4 rings (SSSR count). The lowest BCUT2D eigenvalue weighted by molar-refractivity contribution is -0.149. The molecule has 2 aromatic rings. The fraction of sp³-hybridized carbons (Fsp3) is 0.478. The first kappa shape index (κ1) is 22.0. The summed E-state index contributed by atoms with van der Waals surface area (Å²) in [6.07, 6.45) is 6.66. The number of rotatable bonds is 6. The molecule has 1 saturated heterocycles. The molecule has 3 amide bonds. The van der Waals surface area contributed by atoms with Gasteiger partial charge in [-0.05, 0) is 54.3 Å². The van der Waals surface area contributed by atoms with Gasteiger partial charge >= 0.3 is 6.09 Å². The Kier molecular flexibility index (Phi) is 6.55. The molecule has 0 spiro atoms. The summed E-state index contributed by atoms with van der Waals surface area (Å²) >= 11 is 0. The predicted molar refractivity (Wildman–Crippen MR) is 118 cm³/mol. The molecule has 2 aliphatic rings. The van der Waals surface area contributed by atoms with Gasteiger partial charge in [-0.1, -0.05) is 25.3 Å². The molecule has 1 aliphatic carbocycles. The smallest absolute Gasteiger partial charge is 0.391 e. The van der Waals surface area contributed by atoms with Crippen LogP contribution < -0.4 is 21.5 Å². The van der Waals surface area contributed by atoms with E-state index < -0.39 is 18.2 Å². The minimum atomic E-state index is -0.927. The van der Waals surface area contributed by atoms with E-state index in [1.54, 1.807) is 17.0 Å². The van der Waals surface area contributed by atoms with E-state index in [0.717, 1.165) is 36.6 Å². The van der Waals surface area contributed by atoms with Gasteiger partial charge in [0.15, 0.2) is 0 Å². The van der Waals surface area contributed by atoms with Crippen LogP contribution in [0.3, 0.4) is 0 Å². The Labute approximate surface area is 186 Å². The zero-order chi connectivity index (χ0) is 22.7. The molecule has 0 unspecified atom stereocenters. The number of carbonyl (C=O) groups excluding carboxylic acids is 3. The van der Waals surface area contributed by atoms with Crippen molar-refractivity contribution in [1.29, 1.82) is 0 Å². The molecule has 0 bridgehead atoms. The van der Waals surface area contributed by atoms with Crippen molar-refractivity contribution in [1.82, 2.24) is 15.2 Å². The maximum absolute atomic E-state index is 12.8. The van der Waals surface area contributed by atoms with Gasteiger partial charge in [0.25, 0.3) is 0 Å². The third kappa shape index (κ3) is 4.67. The third-order valence-corrected chi connectivity index (χ3v) is 6.50. The van der Waals surface area contributed by atoms with Crippen molar-refractivity contribution in [3.63, 3.8) is 0 Å². The Morgan fingerprint density at radius 3 is 2.62 bits per heavy atom. The van der Waals surface area contributed by atoms with Gasteiger partial charge in [-0.25, -0.2) is 9.78 Å². The molecule has 0 radical (unpaired) electrons. The monoisotopic (exact) mass is 439 g/mol. The van der Waals surface area contributed by atoms with Crippen molar-refractivity contribution in [2.75, 3.05) is 6.54 Å². The number of hydrogen-bond donors (Lipinski definition) is 3. The van der Waals surface area contributed by atoms with Crippen LogP contribution in [0.15, 0.2) is 30.5 Å². The number of benzene rings is 1. The van der Waals surface area contributed by atoms with E-state index in [4.69, 9.17) is 16.2 Å². The average molecular weight is 440 g/mol. The second-order valence-electron chi connectivity index (χ2n) is 8.57. The van der Waals surface area contributed by atoms with E-state index in [1.165, 1.54) is 12.6 Å².